The lowest BCUT2D eigenvalue weighted by molar-refractivity contribution is -0.385. The highest BCUT2D eigenvalue weighted by Gasteiger charge is 2.24. The molecule has 3 rings (SSSR count). The summed E-state index contributed by atoms with van der Waals surface area (Å²) in [5.41, 5.74) is 4.38. The van der Waals surface area contributed by atoms with E-state index < -0.39 is 34.1 Å². The van der Waals surface area contributed by atoms with Gasteiger partial charge in [0.25, 0.3) is 11.5 Å². The van der Waals surface area contributed by atoms with Crippen molar-refractivity contribution in [3.63, 3.8) is 0 Å². The van der Waals surface area contributed by atoms with E-state index in [4.69, 9.17) is 22.1 Å². The molecule has 0 atom stereocenters. The number of carbonyl (C=O) groups excluding carboxylic acids is 1. The van der Waals surface area contributed by atoms with E-state index in [0.29, 0.717) is 21.2 Å². The average molecular weight is 537 g/mol. The van der Waals surface area contributed by atoms with Gasteiger partial charge in [0.1, 0.15) is 5.82 Å². The number of amides is 1. The number of primary amides is 1. The minimum absolute atomic E-state index is 0.115. The molecule has 0 radical (unpaired) electrons. The van der Waals surface area contributed by atoms with Gasteiger partial charge in [-0.2, -0.15) is 9.78 Å². The number of halogens is 2. The summed E-state index contributed by atoms with van der Waals surface area (Å²) in [6.07, 6.45) is 1.26. The molecule has 0 saturated heterocycles. The summed E-state index contributed by atoms with van der Waals surface area (Å²) in [5, 5.41) is 16.0. The Morgan fingerprint density at radius 1 is 1.36 bits per heavy atom. The summed E-state index contributed by atoms with van der Waals surface area (Å²) in [6, 6.07) is 7.70. The zero-order chi connectivity index (χ0) is 24.5. The zero-order valence-corrected chi connectivity index (χ0v) is 20.2. The third kappa shape index (κ3) is 5.37. The molecule has 33 heavy (non-hydrogen) atoms. The lowest BCUT2D eigenvalue weighted by atomic mass is 9.95. The van der Waals surface area contributed by atoms with Crippen LogP contribution in [0.4, 0.5) is 5.69 Å². The van der Waals surface area contributed by atoms with Crippen molar-refractivity contribution >= 4 is 56.2 Å². The van der Waals surface area contributed by atoms with Crippen molar-refractivity contribution in [1.82, 2.24) is 9.66 Å². The lowest BCUT2D eigenvalue weighted by Crippen LogP contribution is -2.29. The first-order valence-corrected chi connectivity index (χ1v) is 10.7. The number of hydrogen-bond donors (Lipinski definition) is 1. The first-order chi connectivity index (χ1) is 15.4. The van der Waals surface area contributed by atoms with Crippen molar-refractivity contribution in [3.8, 4) is 5.75 Å². The number of aromatic nitrogens is 2. The Bertz CT molecular complexity index is 1360. The van der Waals surface area contributed by atoms with E-state index in [0.717, 1.165) is 4.68 Å². The normalized spacial score (nSPS) is 11.8. The van der Waals surface area contributed by atoms with Gasteiger partial charge in [0.15, 0.2) is 6.61 Å². The first kappa shape index (κ1) is 24.3. The largest absolute Gasteiger partial charge is 0.476 e. The second-order valence-corrected chi connectivity index (χ2v) is 9.39. The van der Waals surface area contributed by atoms with Crippen LogP contribution in [0.5, 0.6) is 5.75 Å². The number of nitro benzene ring substituents is 1. The molecule has 0 fully saturated rings. The van der Waals surface area contributed by atoms with Crippen LogP contribution < -0.4 is 16.0 Å². The minimum Gasteiger partial charge on any atom is -0.476 e. The highest BCUT2D eigenvalue weighted by molar-refractivity contribution is 9.10. The van der Waals surface area contributed by atoms with Crippen LogP contribution in [0.3, 0.4) is 0 Å². The van der Waals surface area contributed by atoms with Gasteiger partial charge >= 0.3 is 5.69 Å². The third-order valence-corrected chi connectivity index (χ3v) is 5.18. The molecule has 1 heterocycles. The molecule has 0 aliphatic carbocycles. The van der Waals surface area contributed by atoms with Crippen LogP contribution in [-0.2, 0) is 10.2 Å². The van der Waals surface area contributed by atoms with Crippen molar-refractivity contribution in [2.75, 3.05) is 6.61 Å². The van der Waals surface area contributed by atoms with E-state index in [1.807, 2.05) is 20.8 Å². The van der Waals surface area contributed by atoms with Gasteiger partial charge < -0.3 is 10.5 Å². The number of rotatable bonds is 6. The van der Waals surface area contributed by atoms with Gasteiger partial charge in [0.05, 0.1) is 27.1 Å². The summed E-state index contributed by atoms with van der Waals surface area (Å²) in [7, 11) is 0. The molecule has 0 unspecified atom stereocenters. The van der Waals surface area contributed by atoms with Gasteiger partial charge in [-0.3, -0.25) is 19.7 Å². The predicted molar refractivity (Wildman–Crippen MR) is 128 cm³/mol. The van der Waals surface area contributed by atoms with Crippen LogP contribution in [0.25, 0.3) is 10.9 Å². The van der Waals surface area contributed by atoms with E-state index in [1.54, 1.807) is 18.2 Å². The van der Waals surface area contributed by atoms with Crippen LogP contribution in [0, 0.1) is 10.1 Å². The summed E-state index contributed by atoms with van der Waals surface area (Å²) >= 11 is 9.49. The topological polar surface area (TPSA) is 143 Å². The quantitative estimate of drug-likeness (QED) is 0.289. The number of hydrogen-bond acceptors (Lipinski definition) is 7. The molecule has 0 spiro atoms. The van der Waals surface area contributed by atoms with Gasteiger partial charge in [-0.1, -0.05) is 48.3 Å². The fraction of sp³-hybridized carbons (Fsp3) is 0.238. The maximum atomic E-state index is 13.2. The maximum Gasteiger partial charge on any atom is 0.313 e. The van der Waals surface area contributed by atoms with Gasteiger partial charge in [0.2, 0.25) is 5.75 Å². The molecule has 3 aromatic rings. The van der Waals surface area contributed by atoms with Crippen LogP contribution in [0.15, 0.2) is 44.7 Å². The fourth-order valence-corrected chi connectivity index (χ4v) is 3.60. The summed E-state index contributed by atoms with van der Waals surface area (Å²) < 4.78 is 6.96. The number of ether oxygens (including phenoxy) is 1. The van der Waals surface area contributed by atoms with Crippen LogP contribution in [0.2, 0.25) is 5.02 Å². The number of nitrogens with zero attached hydrogens (tertiary/aromatic N) is 4. The number of carbonyl (C=O) groups is 1. The van der Waals surface area contributed by atoms with Crippen molar-refractivity contribution in [2.24, 2.45) is 10.8 Å². The SMILES string of the molecule is CC(C)(C)c1nc2ccc(Br)cc2c(=O)n1N=Cc1cc(Cl)c(OCC(N)=O)c([N+](=O)[O-])c1. The predicted octanol–water partition coefficient (Wildman–Crippen LogP) is 3.76. The van der Waals surface area contributed by atoms with Crippen LogP contribution in [-0.4, -0.2) is 33.3 Å². The highest BCUT2D eigenvalue weighted by Crippen LogP contribution is 2.36. The van der Waals surface area contributed by atoms with E-state index in [9.17, 15) is 19.7 Å². The first-order valence-electron chi connectivity index (χ1n) is 9.54. The van der Waals surface area contributed by atoms with Gasteiger partial charge in [0, 0.05) is 21.5 Å². The Kier molecular flexibility index (Phi) is 6.84. The number of benzene rings is 2. The Balaban J connectivity index is 2.15. The Labute approximate surface area is 201 Å². The highest BCUT2D eigenvalue weighted by atomic mass is 79.9. The summed E-state index contributed by atoms with van der Waals surface area (Å²) in [4.78, 5) is 39.6. The number of nitro groups is 1. The van der Waals surface area contributed by atoms with Crippen molar-refractivity contribution < 1.29 is 14.5 Å². The van der Waals surface area contributed by atoms with E-state index in [-0.39, 0.29) is 16.3 Å². The Morgan fingerprint density at radius 3 is 2.67 bits per heavy atom. The molecule has 2 N–H and O–H groups in total. The second kappa shape index (κ2) is 9.28. The molecule has 172 valence electrons. The molecule has 1 aromatic heterocycles. The number of nitrogens with two attached hydrogens (primary N) is 1. The Morgan fingerprint density at radius 2 is 2.06 bits per heavy atom. The molecule has 0 bridgehead atoms. The lowest BCUT2D eigenvalue weighted by Gasteiger charge is -2.20. The van der Waals surface area contributed by atoms with Crippen molar-refractivity contribution in [2.45, 2.75) is 26.2 Å². The van der Waals surface area contributed by atoms with Gasteiger partial charge in [-0.25, -0.2) is 4.98 Å². The molecule has 1 amide bonds. The van der Waals surface area contributed by atoms with Crippen molar-refractivity contribution in [1.29, 1.82) is 0 Å². The molecule has 10 nitrogen and oxygen atoms in total. The van der Waals surface area contributed by atoms with Crippen LogP contribution >= 0.6 is 27.5 Å². The molecular weight excluding hydrogens is 518 g/mol. The maximum absolute atomic E-state index is 13.2. The minimum atomic E-state index is -0.810. The molecular formula is C21H19BrClN5O5. The summed E-state index contributed by atoms with van der Waals surface area (Å²) in [5.74, 6) is -0.696. The molecule has 0 aliphatic heterocycles. The summed E-state index contributed by atoms with van der Waals surface area (Å²) in [6.45, 7) is 5.09. The molecule has 12 heteroatoms. The molecule has 0 aliphatic rings. The Hall–Kier alpha value is -3.31. The van der Waals surface area contributed by atoms with E-state index >= 15 is 0 Å². The average Bonchev–Trinajstić information content (AvgIpc) is 2.71. The fourth-order valence-electron chi connectivity index (χ4n) is 2.96. The van der Waals surface area contributed by atoms with Gasteiger partial charge in [-0.15, -0.1) is 0 Å². The van der Waals surface area contributed by atoms with Gasteiger partial charge in [-0.05, 0) is 24.3 Å². The van der Waals surface area contributed by atoms with Crippen molar-refractivity contribution in [3.05, 3.63) is 71.7 Å². The van der Waals surface area contributed by atoms with E-state index in [2.05, 4.69) is 26.0 Å². The standard InChI is InChI=1S/C21H19BrClN5O5/c1-21(2,3)20-26-15-5-4-12(22)8-13(15)19(30)27(20)25-9-11-6-14(23)18(33-10-17(24)29)16(7-11)28(31)32/h4-9H,10H2,1-3H3,(H2,24,29). The number of fused-ring (bicyclic) bond motifs is 1. The zero-order valence-electron chi connectivity index (χ0n) is 17.8. The van der Waals surface area contributed by atoms with Crippen LogP contribution in [0.1, 0.15) is 32.2 Å². The second-order valence-electron chi connectivity index (χ2n) is 8.07. The monoisotopic (exact) mass is 535 g/mol. The smallest absolute Gasteiger partial charge is 0.313 e. The third-order valence-electron chi connectivity index (χ3n) is 4.40. The van der Waals surface area contributed by atoms with E-state index in [1.165, 1.54) is 18.3 Å². The molecule has 2 aromatic carbocycles. The molecule has 0 saturated carbocycles.